The van der Waals surface area contributed by atoms with Crippen molar-refractivity contribution in [2.75, 3.05) is 0 Å². The van der Waals surface area contributed by atoms with Crippen LogP contribution in [0.1, 0.15) is 37.1 Å². The van der Waals surface area contributed by atoms with Gasteiger partial charge in [0.15, 0.2) is 22.6 Å². The average Bonchev–Trinajstić information content (AvgIpc) is 3.21. The molecule has 0 aliphatic carbocycles. The predicted molar refractivity (Wildman–Crippen MR) is 126 cm³/mol. The van der Waals surface area contributed by atoms with Gasteiger partial charge in [0.25, 0.3) is 5.56 Å². The molecule has 0 saturated heterocycles. The lowest BCUT2D eigenvalue weighted by atomic mass is 10.1. The van der Waals surface area contributed by atoms with E-state index in [1.165, 1.54) is 42.9 Å². The summed E-state index contributed by atoms with van der Waals surface area (Å²) in [5, 5.41) is 10.1. The molecule has 1 aromatic carbocycles. The van der Waals surface area contributed by atoms with E-state index in [4.69, 9.17) is 32.4 Å². The fraction of sp³-hybridized carbons (Fsp3) is 0.261. The van der Waals surface area contributed by atoms with E-state index in [-0.39, 0.29) is 45.6 Å². The summed E-state index contributed by atoms with van der Waals surface area (Å²) in [5.74, 6) is -0.0516. The number of aromatic nitrogens is 5. The van der Waals surface area contributed by atoms with E-state index in [2.05, 4.69) is 19.9 Å². The molecule has 3 heterocycles. The Balaban J connectivity index is 1.76. The van der Waals surface area contributed by atoms with E-state index in [0.29, 0.717) is 17.1 Å². The molecule has 0 atom stereocenters. The van der Waals surface area contributed by atoms with Gasteiger partial charge in [0.05, 0.1) is 16.9 Å². The SMILES string of the molecule is Cc1nc(COc2nc(C)n(-c3cc(-c4nc(C(C)(C)O)ncc4F)ccc3Cl)c(=O)c2Cl)co1. The van der Waals surface area contributed by atoms with Gasteiger partial charge in [0.2, 0.25) is 5.88 Å². The van der Waals surface area contributed by atoms with Crippen molar-refractivity contribution in [1.82, 2.24) is 24.5 Å². The summed E-state index contributed by atoms with van der Waals surface area (Å²) in [4.78, 5) is 29.6. The van der Waals surface area contributed by atoms with E-state index in [9.17, 15) is 14.3 Å². The molecule has 12 heteroatoms. The highest BCUT2D eigenvalue weighted by Gasteiger charge is 2.23. The molecule has 3 aromatic heterocycles. The van der Waals surface area contributed by atoms with Crippen LogP contribution in [0.4, 0.5) is 4.39 Å². The standard InChI is InChI=1S/C23H20Cl2FN5O4/c1-11-28-20(35-10-14-9-34-12(2)29-14)18(25)21(32)31(11)17-7-13(5-6-15(17)24)19-16(26)8-27-22(30-19)23(3,4)33/h5-9,33H,10H2,1-4H3. The second-order valence-electron chi connectivity index (χ2n) is 8.18. The molecule has 0 aliphatic rings. The van der Waals surface area contributed by atoms with Crippen molar-refractivity contribution in [2.24, 2.45) is 0 Å². The van der Waals surface area contributed by atoms with Crippen molar-refractivity contribution in [1.29, 1.82) is 0 Å². The van der Waals surface area contributed by atoms with E-state index >= 15 is 0 Å². The van der Waals surface area contributed by atoms with E-state index in [1.54, 1.807) is 13.8 Å². The Morgan fingerprint density at radius 2 is 1.94 bits per heavy atom. The van der Waals surface area contributed by atoms with Gasteiger partial charge in [-0.15, -0.1) is 0 Å². The number of nitrogens with zero attached hydrogens (tertiary/aromatic N) is 5. The van der Waals surface area contributed by atoms with Crippen LogP contribution in [-0.4, -0.2) is 29.6 Å². The normalized spacial score (nSPS) is 11.7. The summed E-state index contributed by atoms with van der Waals surface area (Å²) in [7, 11) is 0. The van der Waals surface area contributed by atoms with Gasteiger partial charge in [0, 0.05) is 12.5 Å². The first-order valence-corrected chi connectivity index (χ1v) is 11.1. The second kappa shape index (κ2) is 9.37. The lowest BCUT2D eigenvalue weighted by Gasteiger charge is -2.17. The Labute approximate surface area is 209 Å². The highest BCUT2D eigenvalue weighted by Crippen LogP contribution is 2.30. The maximum atomic E-state index is 14.6. The molecule has 4 rings (SSSR count). The summed E-state index contributed by atoms with van der Waals surface area (Å²) in [6.45, 7) is 6.24. The van der Waals surface area contributed by atoms with Crippen molar-refractivity contribution >= 4 is 23.2 Å². The zero-order valence-electron chi connectivity index (χ0n) is 19.1. The minimum Gasteiger partial charge on any atom is -0.470 e. The molecule has 0 aliphatic heterocycles. The van der Waals surface area contributed by atoms with E-state index < -0.39 is 17.0 Å². The molecule has 0 bridgehead atoms. The third-order valence-corrected chi connectivity index (χ3v) is 5.58. The van der Waals surface area contributed by atoms with Gasteiger partial charge >= 0.3 is 0 Å². The lowest BCUT2D eigenvalue weighted by Crippen LogP contribution is -2.24. The zero-order chi connectivity index (χ0) is 25.5. The minimum atomic E-state index is -1.39. The minimum absolute atomic E-state index is 0.000275. The van der Waals surface area contributed by atoms with Crippen molar-refractivity contribution in [3.05, 3.63) is 80.1 Å². The van der Waals surface area contributed by atoms with E-state index in [0.717, 1.165) is 6.20 Å². The van der Waals surface area contributed by atoms with Gasteiger partial charge in [-0.05, 0) is 32.9 Å². The number of hydrogen-bond acceptors (Lipinski definition) is 8. The summed E-state index contributed by atoms with van der Waals surface area (Å²) in [6.07, 6.45) is 2.40. The molecule has 1 N–H and O–H groups in total. The number of ether oxygens (including phenoxy) is 1. The number of aliphatic hydroxyl groups is 1. The van der Waals surface area contributed by atoms with Gasteiger partial charge < -0.3 is 14.3 Å². The van der Waals surface area contributed by atoms with E-state index in [1.807, 2.05) is 0 Å². The highest BCUT2D eigenvalue weighted by atomic mass is 35.5. The third-order valence-electron chi connectivity index (χ3n) is 4.94. The van der Waals surface area contributed by atoms with Gasteiger partial charge in [-0.1, -0.05) is 29.3 Å². The molecule has 0 saturated carbocycles. The summed E-state index contributed by atoms with van der Waals surface area (Å²) in [5.41, 5.74) is -1.06. The van der Waals surface area contributed by atoms with Crippen LogP contribution in [0.25, 0.3) is 16.9 Å². The van der Waals surface area contributed by atoms with Crippen molar-refractivity contribution < 1.29 is 18.7 Å². The van der Waals surface area contributed by atoms with Crippen LogP contribution in [0.2, 0.25) is 10.0 Å². The van der Waals surface area contributed by atoms with Gasteiger partial charge in [0.1, 0.15) is 35.7 Å². The number of rotatable bonds is 6. The zero-order valence-corrected chi connectivity index (χ0v) is 20.6. The van der Waals surface area contributed by atoms with Gasteiger partial charge in [-0.2, -0.15) is 4.98 Å². The van der Waals surface area contributed by atoms with Crippen molar-refractivity contribution in [2.45, 2.75) is 39.9 Å². The maximum Gasteiger partial charge on any atom is 0.280 e. The molecule has 182 valence electrons. The monoisotopic (exact) mass is 519 g/mol. The van der Waals surface area contributed by atoms with Crippen LogP contribution in [0.3, 0.4) is 0 Å². The first-order chi connectivity index (χ1) is 16.5. The summed E-state index contributed by atoms with van der Waals surface area (Å²) in [6, 6.07) is 4.51. The molecule has 0 spiro atoms. The van der Waals surface area contributed by atoms with Crippen LogP contribution in [-0.2, 0) is 12.2 Å². The first-order valence-electron chi connectivity index (χ1n) is 10.3. The van der Waals surface area contributed by atoms with Crippen molar-refractivity contribution in [3.8, 4) is 22.8 Å². The van der Waals surface area contributed by atoms with Crippen LogP contribution in [0.15, 0.2) is 39.9 Å². The van der Waals surface area contributed by atoms with Crippen LogP contribution in [0.5, 0.6) is 5.88 Å². The summed E-state index contributed by atoms with van der Waals surface area (Å²) < 4.78 is 26.5. The molecule has 0 amide bonds. The number of halogens is 3. The molecule has 35 heavy (non-hydrogen) atoms. The average molecular weight is 520 g/mol. The largest absolute Gasteiger partial charge is 0.470 e. The molecule has 9 nitrogen and oxygen atoms in total. The Kier molecular flexibility index (Phi) is 6.63. The molecule has 0 radical (unpaired) electrons. The van der Waals surface area contributed by atoms with Crippen LogP contribution >= 0.6 is 23.2 Å². The first kappa shape index (κ1) is 24.8. The maximum absolute atomic E-state index is 14.6. The van der Waals surface area contributed by atoms with Gasteiger partial charge in [-0.25, -0.2) is 19.3 Å². The topological polar surface area (TPSA) is 116 Å². The molecule has 0 fully saturated rings. The Bertz CT molecular complexity index is 1480. The summed E-state index contributed by atoms with van der Waals surface area (Å²) >= 11 is 12.7. The Hall–Kier alpha value is -3.34. The smallest absolute Gasteiger partial charge is 0.280 e. The quantitative estimate of drug-likeness (QED) is 0.394. The molecular formula is C23H20Cl2FN5O4. The Morgan fingerprint density at radius 1 is 1.20 bits per heavy atom. The number of benzene rings is 1. The predicted octanol–water partition coefficient (Wildman–Crippen LogP) is 4.55. The number of aryl methyl sites for hydroxylation is 2. The lowest BCUT2D eigenvalue weighted by molar-refractivity contribution is 0.0686. The third kappa shape index (κ3) is 5.04. The van der Waals surface area contributed by atoms with Crippen LogP contribution in [0, 0.1) is 19.7 Å². The van der Waals surface area contributed by atoms with Crippen LogP contribution < -0.4 is 10.3 Å². The fourth-order valence-corrected chi connectivity index (χ4v) is 3.66. The molecule has 4 aromatic rings. The number of oxazole rings is 1. The molecule has 0 unspecified atom stereocenters. The van der Waals surface area contributed by atoms with Gasteiger partial charge in [-0.3, -0.25) is 9.36 Å². The molecular weight excluding hydrogens is 500 g/mol. The highest BCUT2D eigenvalue weighted by molar-refractivity contribution is 6.33. The number of hydrogen-bond donors (Lipinski definition) is 1. The Morgan fingerprint density at radius 3 is 2.60 bits per heavy atom. The second-order valence-corrected chi connectivity index (χ2v) is 8.97. The fourth-order valence-electron chi connectivity index (χ4n) is 3.27. The van der Waals surface area contributed by atoms with Crippen molar-refractivity contribution in [3.63, 3.8) is 0 Å².